The van der Waals surface area contributed by atoms with E-state index in [1.165, 1.54) is 0 Å². The molecule has 30 saturated heterocycles. The van der Waals surface area contributed by atoms with Crippen molar-refractivity contribution in [1.82, 2.24) is 0 Å². The highest BCUT2D eigenvalue weighted by Crippen LogP contribution is 2.44. The smallest absolute Gasteiger partial charge is 0.329 e. The third kappa shape index (κ3) is 25.6. The maximum Gasteiger partial charge on any atom is 0.329 e. The first-order chi connectivity index (χ1) is 61.3. The first-order valence-electron chi connectivity index (χ1n) is 40.3. The highest BCUT2D eigenvalue weighted by Gasteiger charge is 2.64. The topological polar surface area (TPSA) is 802 Å². The second-order valence-corrected chi connectivity index (χ2v) is 30.0. The SMILES string of the molecule is CO[C@@H]1[C@@H](OCC(=O)O)[C@H]2O[C@H]3[C@H](OC)[C@@H](OCC(=O)O)[C@@H](O[C@H]4[C@H](OC)[C@@H](OCC(=O)O)[C@@H](O[C@H]5[C@H](OC)[C@@H](OCC(=O)O)[C@@H](O[C@H]6[C@H](OC)[C@@H](OCC(=O)O)[C@@H](O[C@H]7[C@H](OC)[C@@H](OCC(=O)O)[C@@H](O[C@H]8[C@H](OC)[C@@H](OCC(=O)O)[C@@H](O[C@H]9[C@H](OC)[C@@H](OCC(=O)O)[C@@H](O[C@@H]1[C@@H](CN)O2)O[C@@H]9CN)O[C@@H]8CN)O[C@@H]7CN)O[C@@H]6CN)O[C@@H]5CN)O[C@@H]4CN)O[C@@H]3CN. The number of hydrogen-bond acceptors (Lipinski definition) is 48. The Labute approximate surface area is 730 Å². The molecule has 0 spiro atoms. The molecule has 0 aromatic heterocycles. The molecule has 128 heavy (non-hydrogen) atoms. The molecule has 56 nitrogen and oxygen atoms in total. The predicted molar refractivity (Wildman–Crippen MR) is 406 cm³/mol. The van der Waals surface area contributed by atoms with Gasteiger partial charge in [-0.2, -0.15) is 0 Å². The molecule has 0 aliphatic carbocycles. The highest BCUT2D eigenvalue weighted by molar-refractivity contribution is 5.70. The van der Waals surface area contributed by atoms with Crippen molar-refractivity contribution in [1.29, 1.82) is 0 Å². The molecule has 30 aliphatic heterocycles. The van der Waals surface area contributed by atoms with E-state index in [-0.39, 0.29) is 0 Å². The summed E-state index contributed by atoms with van der Waals surface area (Å²) in [4.78, 5) is 101. The van der Waals surface area contributed by atoms with Crippen LogP contribution in [0.2, 0.25) is 0 Å². The lowest BCUT2D eigenvalue weighted by atomic mass is 9.93. The van der Waals surface area contributed by atoms with Crippen LogP contribution in [0.1, 0.15) is 0 Å². The molecular weight excluding hydrogens is 1740 g/mol. The normalized spacial score (nSPS) is 41.5. The molecule has 56 heteroatoms. The molecule has 0 aromatic rings. The molecule has 40 atom stereocenters. The van der Waals surface area contributed by atoms with E-state index in [9.17, 15) is 79.2 Å². The van der Waals surface area contributed by atoms with Gasteiger partial charge in [-0.15, -0.1) is 0 Å². The van der Waals surface area contributed by atoms with Crippen LogP contribution in [-0.4, -0.2) is 496 Å². The number of methoxy groups -OCH3 is 8. The molecule has 0 saturated carbocycles. The quantitative estimate of drug-likeness (QED) is 0.0271. The number of carboxylic acids is 8. The predicted octanol–water partition coefficient (Wildman–Crippen LogP) is -11.6. The number of carboxylic acid groups (broad SMARTS) is 8. The maximum atomic E-state index is 12.6. The fraction of sp³-hybridized carbons (Fsp3) is 0.889. The van der Waals surface area contributed by atoms with Gasteiger partial charge in [0.25, 0.3) is 0 Å². The molecule has 0 aromatic carbocycles. The van der Waals surface area contributed by atoms with E-state index in [1.807, 2.05) is 0 Å². The average Bonchev–Trinajstić information content (AvgIpc) is 0.759. The molecule has 30 heterocycles. The average molecular weight is 1870 g/mol. The molecule has 30 fully saturated rings. The van der Waals surface area contributed by atoms with Crippen LogP contribution in [0.3, 0.4) is 0 Å². The zero-order chi connectivity index (χ0) is 93.7. The highest BCUT2D eigenvalue weighted by atomic mass is 16.8. The fourth-order valence-electron chi connectivity index (χ4n) is 16.9. The van der Waals surface area contributed by atoms with Crippen LogP contribution in [0.25, 0.3) is 0 Å². The van der Waals surface area contributed by atoms with Gasteiger partial charge in [-0.1, -0.05) is 0 Å². The summed E-state index contributed by atoms with van der Waals surface area (Å²) in [6.07, 6.45) is -67.2. The van der Waals surface area contributed by atoms with Gasteiger partial charge >= 0.3 is 47.8 Å². The van der Waals surface area contributed by atoms with E-state index >= 15 is 0 Å². The zero-order valence-corrected chi connectivity index (χ0v) is 70.9. The number of aliphatic carboxylic acids is 8. The minimum atomic E-state index is -1.88. The summed E-state index contributed by atoms with van der Waals surface area (Å²) in [5.74, 6) is -12.4. The van der Waals surface area contributed by atoms with Crippen LogP contribution in [0, 0.1) is 0 Å². The Kier molecular flexibility index (Phi) is 41.7. The Morgan fingerprint density at radius 1 is 0.180 bits per heavy atom. The summed E-state index contributed by atoms with van der Waals surface area (Å²) < 4.78 is 204. The van der Waals surface area contributed by atoms with E-state index in [0.29, 0.717) is 0 Å². The summed E-state index contributed by atoms with van der Waals surface area (Å²) >= 11 is 0. The third-order valence-corrected chi connectivity index (χ3v) is 22.3. The number of ether oxygens (including phenoxy) is 32. The number of hydrogen-bond donors (Lipinski definition) is 16. The lowest BCUT2D eigenvalue weighted by Crippen LogP contribution is -2.71. The minimum absolute atomic E-state index is 0.543. The van der Waals surface area contributed by atoms with Gasteiger partial charge in [0.05, 0.1) is 0 Å². The maximum absolute atomic E-state index is 12.6. The van der Waals surface area contributed by atoms with Crippen LogP contribution in [-0.2, 0) is 190 Å². The van der Waals surface area contributed by atoms with E-state index in [2.05, 4.69) is 0 Å². The van der Waals surface area contributed by atoms with Crippen molar-refractivity contribution >= 4 is 47.8 Å². The standard InChI is InChI=1S/C72H120N8O48/c1-97-49-41-25(9-73)113-65(57(49)105-17-33(81)82)122-42-26(10-74)115-67(59(50(42)98-2)107-19-35(85)86)124-44-28(12-76)117-69(61(52(44)100-4)109-21-37(89)90)126-46-30(14-78)119-71(63(54(46)102-6)111-23-39(93)94)128-48-32(16-80)120-72(64(56(48)104-8)112-24-40(95)96)127-47-31(15-79)118-70(62(55(47)103-7)110-22-38(91)92)125-45-29(13-77)116-68(60(53(45)101-5)108-20-36(87)88)123-43-27(11-75)114-66(121-41)58(51(43)99-3)106-18-34(83)84/h25-32,41-72H,9-24,73-80H2,1-8H3,(H,81,82)(H,83,84)(H,85,86)(H,87,88)(H,89,90)(H,91,92)(H,93,94)(H,95,96)/t25-,26-,27-,28-,29-,30-,31-,32-,41-,42-,43-,44-,45-,46-,47-,48-,49+,50+,51+,52+,53+,54+,55+,56+,57-,58-,59-,60-,61-,62-,63-,64-,65-,66-,67-,68-,69-,70-,71-,72-/m1/s1. The number of rotatable bonds is 40. The Balaban J connectivity index is 1.20. The molecular formula is C72H120N8O48. The number of nitrogens with two attached hydrogens (primary N) is 8. The first-order valence-corrected chi connectivity index (χ1v) is 40.3. The number of carbonyl (C=O) groups is 8. The molecule has 16 bridgehead atoms. The second-order valence-electron chi connectivity index (χ2n) is 30.0. The van der Waals surface area contributed by atoms with Crippen LogP contribution in [0.5, 0.6) is 0 Å². The Morgan fingerprint density at radius 2 is 0.273 bits per heavy atom. The Morgan fingerprint density at radius 3 is 0.344 bits per heavy atom. The molecule has 24 N–H and O–H groups in total. The summed E-state index contributed by atoms with van der Waals surface area (Å²) in [7, 11) is 9.17. The summed E-state index contributed by atoms with van der Waals surface area (Å²) in [6, 6.07) is 0. The fourth-order valence-corrected chi connectivity index (χ4v) is 16.9. The third-order valence-electron chi connectivity index (χ3n) is 22.3. The summed E-state index contributed by atoms with van der Waals surface area (Å²) in [6.45, 7) is -13.3. The van der Waals surface area contributed by atoms with E-state index in [4.69, 9.17) is 197 Å². The molecule has 0 amide bonds. The van der Waals surface area contributed by atoms with Gasteiger partial charge in [0.1, 0.15) is 248 Å². The minimum Gasteiger partial charge on any atom is -0.480 e. The summed E-state index contributed by atoms with van der Waals surface area (Å²) in [5, 5.41) is 81.8. The van der Waals surface area contributed by atoms with E-state index < -0.39 is 399 Å². The van der Waals surface area contributed by atoms with Crippen molar-refractivity contribution in [2.24, 2.45) is 45.9 Å². The lowest BCUT2D eigenvalue weighted by Gasteiger charge is -2.53. The van der Waals surface area contributed by atoms with Gasteiger partial charge < -0.3 is 238 Å². The van der Waals surface area contributed by atoms with Gasteiger partial charge in [0.15, 0.2) is 50.3 Å². The van der Waals surface area contributed by atoms with Crippen molar-refractivity contribution < 1.29 is 231 Å². The molecule has 30 rings (SSSR count). The first kappa shape index (κ1) is 106. The second kappa shape index (κ2) is 50.5. The summed E-state index contributed by atoms with van der Waals surface area (Å²) in [5.41, 5.74) is 52.2. The van der Waals surface area contributed by atoms with Crippen molar-refractivity contribution in [2.75, 3.05) is 162 Å². The van der Waals surface area contributed by atoms with Gasteiger partial charge in [-0.05, 0) is 0 Å². The molecule has 30 aliphatic rings. The van der Waals surface area contributed by atoms with Crippen LogP contribution < -0.4 is 45.9 Å². The Bertz CT molecular complexity index is 2830. The monoisotopic (exact) mass is 1860 g/mol. The lowest BCUT2D eigenvalue weighted by molar-refractivity contribution is -0.406. The van der Waals surface area contributed by atoms with Gasteiger partial charge in [-0.25, -0.2) is 38.4 Å². The van der Waals surface area contributed by atoms with Crippen molar-refractivity contribution in [2.45, 2.75) is 246 Å². The van der Waals surface area contributed by atoms with E-state index in [1.54, 1.807) is 0 Å². The van der Waals surface area contributed by atoms with Crippen molar-refractivity contribution in [3.05, 3.63) is 0 Å². The van der Waals surface area contributed by atoms with Crippen LogP contribution in [0.15, 0.2) is 0 Å². The largest absolute Gasteiger partial charge is 0.480 e. The van der Waals surface area contributed by atoms with Gasteiger partial charge in [0, 0.05) is 109 Å². The van der Waals surface area contributed by atoms with E-state index in [0.717, 1.165) is 56.9 Å². The van der Waals surface area contributed by atoms with Crippen molar-refractivity contribution in [3.63, 3.8) is 0 Å². The van der Waals surface area contributed by atoms with Crippen LogP contribution >= 0.6 is 0 Å². The van der Waals surface area contributed by atoms with Gasteiger partial charge in [-0.3, -0.25) is 0 Å². The molecule has 0 unspecified atom stereocenters. The zero-order valence-electron chi connectivity index (χ0n) is 70.9. The van der Waals surface area contributed by atoms with Gasteiger partial charge in [0.2, 0.25) is 0 Å². The van der Waals surface area contributed by atoms with Crippen LogP contribution in [0.4, 0.5) is 0 Å². The van der Waals surface area contributed by atoms with Crippen molar-refractivity contribution in [3.8, 4) is 0 Å². The Hall–Kier alpha value is -5.84. The molecule has 0 radical (unpaired) electrons. The molecule has 736 valence electrons.